The molecule has 0 saturated carbocycles. The number of halogens is 1. The molecule has 0 aliphatic carbocycles. The number of anilines is 1. The lowest BCUT2D eigenvalue weighted by Gasteiger charge is -2.09. The van der Waals surface area contributed by atoms with Gasteiger partial charge in [0, 0.05) is 22.0 Å². The lowest BCUT2D eigenvalue weighted by atomic mass is 10.2. The zero-order valence-corrected chi connectivity index (χ0v) is 12.2. The van der Waals surface area contributed by atoms with E-state index in [-0.39, 0.29) is 0 Å². The molecule has 0 saturated heterocycles. The molecular formula is C13H16IN3. The second kappa shape index (κ2) is 5.53. The van der Waals surface area contributed by atoms with Gasteiger partial charge in [0.1, 0.15) is 0 Å². The zero-order chi connectivity index (χ0) is 12.3. The van der Waals surface area contributed by atoms with E-state index >= 15 is 0 Å². The predicted octanol–water partition coefficient (Wildman–Crippen LogP) is 3.43. The van der Waals surface area contributed by atoms with E-state index in [2.05, 4.69) is 69.5 Å². The van der Waals surface area contributed by atoms with Crippen LogP contribution in [-0.2, 0) is 13.1 Å². The fourth-order valence-electron chi connectivity index (χ4n) is 1.68. The third-order valence-corrected chi connectivity index (χ3v) is 3.95. The molecule has 0 fully saturated rings. The molecule has 2 aromatic rings. The van der Waals surface area contributed by atoms with Crippen LogP contribution in [0.5, 0.6) is 0 Å². The monoisotopic (exact) mass is 341 g/mol. The summed E-state index contributed by atoms with van der Waals surface area (Å²) >= 11 is 2.36. The molecule has 1 aromatic carbocycles. The summed E-state index contributed by atoms with van der Waals surface area (Å²) in [6, 6.07) is 6.42. The average molecular weight is 341 g/mol. The molecule has 90 valence electrons. The molecule has 0 radical (unpaired) electrons. The van der Waals surface area contributed by atoms with Gasteiger partial charge in [-0.15, -0.1) is 0 Å². The molecule has 0 atom stereocenters. The van der Waals surface area contributed by atoms with E-state index < -0.39 is 0 Å². The van der Waals surface area contributed by atoms with Crippen LogP contribution < -0.4 is 5.32 Å². The first-order chi connectivity index (χ1) is 8.20. The first-order valence-corrected chi connectivity index (χ1v) is 6.77. The van der Waals surface area contributed by atoms with Crippen LogP contribution in [0, 0.1) is 10.5 Å². The Hall–Kier alpha value is -1.04. The van der Waals surface area contributed by atoms with Crippen LogP contribution in [0.2, 0.25) is 0 Å². The standard InChI is InChI=1S/C13H16IN3/c1-3-17-9-15-7-12(17)8-16-11-5-4-10(2)13(14)6-11/h4-7,9,16H,3,8H2,1-2H3. The van der Waals surface area contributed by atoms with Crippen molar-refractivity contribution in [1.29, 1.82) is 0 Å². The molecule has 1 N–H and O–H groups in total. The number of nitrogens with zero attached hydrogens (tertiary/aromatic N) is 2. The first-order valence-electron chi connectivity index (χ1n) is 5.69. The Bertz CT molecular complexity index is 505. The Morgan fingerprint density at radius 1 is 1.41 bits per heavy atom. The Morgan fingerprint density at radius 3 is 2.94 bits per heavy atom. The summed E-state index contributed by atoms with van der Waals surface area (Å²) in [5.41, 5.74) is 3.68. The van der Waals surface area contributed by atoms with Gasteiger partial charge in [0.05, 0.1) is 18.6 Å². The maximum atomic E-state index is 4.16. The molecule has 1 heterocycles. The minimum absolute atomic E-state index is 0.812. The predicted molar refractivity (Wildman–Crippen MR) is 79.1 cm³/mol. The van der Waals surface area contributed by atoms with Gasteiger partial charge in [0.2, 0.25) is 0 Å². The van der Waals surface area contributed by atoms with E-state index in [1.807, 2.05) is 12.5 Å². The fraction of sp³-hybridized carbons (Fsp3) is 0.308. The van der Waals surface area contributed by atoms with Gasteiger partial charge in [-0.2, -0.15) is 0 Å². The maximum absolute atomic E-state index is 4.16. The number of nitrogens with one attached hydrogen (secondary N) is 1. The van der Waals surface area contributed by atoms with Crippen molar-refractivity contribution < 1.29 is 0 Å². The van der Waals surface area contributed by atoms with Crippen LogP contribution in [0.3, 0.4) is 0 Å². The van der Waals surface area contributed by atoms with Crippen LogP contribution in [0.15, 0.2) is 30.7 Å². The largest absolute Gasteiger partial charge is 0.379 e. The van der Waals surface area contributed by atoms with Crippen molar-refractivity contribution in [2.24, 2.45) is 0 Å². The molecule has 3 nitrogen and oxygen atoms in total. The average Bonchev–Trinajstić information content (AvgIpc) is 2.78. The Morgan fingerprint density at radius 2 is 2.24 bits per heavy atom. The number of aryl methyl sites for hydroxylation is 2. The van der Waals surface area contributed by atoms with E-state index in [1.54, 1.807) is 0 Å². The SMILES string of the molecule is CCn1cncc1CNc1ccc(C)c(I)c1. The zero-order valence-electron chi connectivity index (χ0n) is 10.1. The van der Waals surface area contributed by atoms with Crippen molar-refractivity contribution in [3.63, 3.8) is 0 Å². The summed E-state index contributed by atoms with van der Waals surface area (Å²) in [7, 11) is 0. The molecule has 1 aromatic heterocycles. The van der Waals surface area contributed by atoms with Gasteiger partial charge in [-0.3, -0.25) is 0 Å². The van der Waals surface area contributed by atoms with Crippen LogP contribution in [0.4, 0.5) is 5.69 Å². The summed E-state index contributed by atoms with van der Waals surface area (Å²) in [4.78, 5) is 4.16. The van der Waals surface area contributed by atoms with Gasteiger partial charge < -0.3 is 9.88 Å². The normalized spacial score (nSPS) is 10.5. The van der Waals surface area contributed by atoms with Crippen molar-refractivity contribution in [2.75, 3.05) is 5.32 Å². The Labute approximate surface area is 115 Å². The van der Waals surface area contributed by atoms with E-state index in [0.29, 0.717) is 0 Å². The highest BCUT2D eigenvalue weighted by Gasteiger charge is 2.01. The molecule has 0 aliphatic rings. The number of benzene rings is 1. The fourth-order valence-corrected chi connectivity index (χ4v) is 2.19. The summed E-state index contributed by atoms with van der Waals surface area (Å²) in [6.45, 7) is 6.02. The Kier molecular flexibility index (Phi) is 4.04. The minimum Gasteiger partial charge on any atom is -0.379 e. The summed E-state index contributed by atoms with van der Waals surface area (Å²) in [5, 5.41) is 3.42. The molecule has 0 spiro atoms. The number of hydrogen-bond acceptors (Lipinski definition) is 2. The molecule has 17 heavy (non-hydrogen) atoms. The number of rotatable bonds is 4. The van der Waals surface area contributed by atoms with Gasteiger partial charge in [-0.1, -0.05) is 6.07 Å². The highest BCUT2D eigenvalue weighted by atomic mass is 127. The van der Waals surface area contributed by atoms with Crippen LogP contribution in [-0.4, -0.2) is 9.55 Å². The van der Waals surface area contributed by atoms with Crippen molar-refractivity contribution >= 4 is 28.3 Å². The summed E-state index contributed by atoms with van der Waals surface area (Å²) < 4.78 is 3.43. The van der Waals surface area contributed by atoms with Crippen molar-refractivity contribution in [3.8, 4) is 0 Å². The molecule has 0 unspecified atom stereocenters. The summed E-state index contributed by atoms with van der Waals surface area (Å²) in [5.74, 6) is 0. The molecule has 0 amide bonds. The maximum Gasteiger partial charge on any atom is 0.0948 e. The van der Waals surface area contributed by atoms with E-state index in [4.69, 9.17) is 0 Å². The molecule has 0 bridgehead atoms. The second-order valence-corrected chi connectivity index (χ2v) is 5.15. The van der Waals surface area contributed by atoms with Crippen LogP contribution >= 0.6 is 22.6 Å². The Balaban J connectivity index is 2.05. The quantitative estimate of drug-likeness (QED) is 0.864. The topological polar surface area (TPSA) is 29.9 Å². The first kappa shape index (κ1) is 12.4. The third-order valence-electron chi connectivity index (χ3n) is 2.78. The lowest BCUT2D eigenvalue weighted by molar-refractivity contribution is 0.719. The van der Waals surface area contributed by atoms with Gasteiger partial charge >= 0.3 is 0 Å². The molecule has 2 rings (SSSR count). The van der Waals surface area contributed by atoms with E-state index in [9.17, 15) is 0 Å². The van der Waals surface area contributed by atoms with Crippen LogP contribution in [0.1, 0.15) is 18.2 Å². The smallest absolute Gasteiger partial charge is 0.0948 e. The van der Waals surface area contributed by atoms with Gasteiger partial charge in [-0.05, 0) is 54.1 Å². The number of imidazole rings is 1. The highest BCUT2D eigenvalue weighted by Crippen LogP contribution is 2.17. The summed E-state index contributed by atoms with van der Waals surface area (Å²) in [6.07, 6.45) is 3.78. The van der Waals surface area contributed by atoms with Crippen molar-refractivity contribution in [3.05, 3.63) is 45.6 Å². The van der Waals surface area contributed by atoms with Crippen LogP contribution in [0.25, 0.3) is 0 Å². The molecule has 0 aliphatic heterocycles. The van der Waals surface area contributed by atoms with Crippen molar-refractivity contribution in [1.82, 2.24) is 9.55 Å². The number of aromatic nitrogens is 2. The molecule has 4 heteroatoms. The third kappa shape index (κ3) is 3.00. The highest BCUT2D eigenvalue weighted by molar-refractivity contribution is 14.1. The van der Waals surface area contributed by atoms with Gasteiger partial charge in [0.25, 0.3) is 0 Å². The van der Waals surface area contributed by atoms with Gasteiger partial charge in [-0.25, -0.2) is 4.98 Å². The van der Waals surface area contributed by atoms with Gasteiger partial charge in [0.15, 0.2) is 0 Å². The van der Waals surface area contributed by atoms with E-state index in [0.717, 1.165) is 18.8 Å². The molecular weight excluding hydrogens is 325 g/mol. The van der Waals surface area contributed by atoms with Crippen molar-refractivity contribution in [2.45, 2.75) is 26.9 Å². The number of hydrogen-bond donors (Lipinski definition) is 1. The lowest BCUT2D eigenvalue weighted by Crippen LogP contribution is -2.06. The van der Waals surface area contributed by atoms with E-state index in [1.165, 1.54) is 14.8 Å². The minimum atomic E-state index is 0.812. The second-order valence-electron chi connectivity index (χ2n) is 3.99.